The smallest absolute Gasteiger partial charge is 0.255 e. The van der Waals surface area contributed by atoms with E-state index >= 15 is 0 Å². The lowest BCUT2D eigenvalue weighted by atomic mass is 10.1. The summed E-state index contributed by atoms with van der Waals surface area (Å²) in [6.07, 6.45) is 1.32. The minimum Gasteiger partial charge on any atom is -0.326 e. The van der Waals surface area contributed by atoms with Gasteiger partial charge in [-0.25, -0.2) is 0 Å². The maximum atomic E-state index is 12.3. The number of nitrogens with one attached hydrogen (secondary N) is 2. The van der Waals surface area contributed by atoms with Crippen LogP contribution in [0, 0.1) is 13.8 Å². The zero-order valence-electron chi connectivity index (χ0n) is 13.8. The fraction of sp³-hybridized carbons (Fsp3) is 0.263. The molecule has 120 valence electrons. The third-order valence-corrected chi connectivity index (χ3v) is 3.53. The zero-order valence-corrected chi connectivity index (χ0v) is 13.8. The Kier molecular flexibility index (Phi) is 5.52. The van der Waals surface area contributed by atoms with Gasteiger partial charge in [0, 0.05) is 23.4 Å². The van der Waals surface area contributed by atoms with Crippen LogP contribution in [0.15, 0.2) is 42.5 Å². The van der Waals surface area contributed by atoms with Gasteiger partial charge >= 0.3 is 0 Å². The molecule has 0 aliphatic carbocycles. The van der Waals surface area contributed by atoms with E-state index in [0.29, 0.717) is 17.7 Å². The van der Waals surface area contributed by atoms with Crippen LogP contribution in [-0.4, -0.2) is 11.8 Å². The van der Waals surface area contributed by atoms with E-state index in [1.807, 2.05) is 39.0 Å². The normalized spacial score (nSPS) is 10.2. The van der Waals surface area contributed by atoms with Gasteiger partial charge in [-0.2, -0.15) is 0 Å². The molecular formula is C19H22N2O2. The summed E-state index contributed by atoms with van der Waals surface area (Å²) in [6, 6.07) is 12.9. The van der Waals surface area contributed by atoms with Crippen LogP contribution in [0.4, 0.5) is 11.4 Å². The van der Waals surface area contributed by atoms with Crippen molar-refractivity contribution in [3.8, 4) is 0 Å². The Morgan fingerprint density at radius 1 is 0.913 bits per heavy atom. The summed E-state index contributed by atoms with van der Waals surface area (Å²) in [5, 5.41) is 5.69. The molecule has 0 heterocycles. The molecule has 0 unspecified atom stereocenters. The molecule has 2 N–H and O–H groups in total. The van der Waals surface area contributed by atoms with Gasteiger partial charge in [0.2, 0.25) is 5.91 Å². The maximum Gasteiger partial charge on any atom is 0.255 e. The van der Waals surface area contributed by atoms with Crippen molar-refractivity contribution in [1.82, 2.24) is 0 Å². The lowest BCUT2D eigenvalue weighted by Crippen LogP contribution is -2.14. The van der Waals surface area contributed by atoms with Gasteiger partial charge in [0.25, 0.3) is 5.91 Å². The Balaban J connectivity index is 2.03. The summed E-state index contributed by atoms with van der Waals surface area (Å²) < 4.78 is 0. The SMILES string of the molecule is CCCC(=O)Nc1ccc(NC(=O)c2ccc(C)cc2C)cc1. The van der Waals surface area contributed by atoms with Crippen molar-refractivity contribution in [3.05, 3.63) is 59.2 Å². The molecule has 2 rings (SSSR count). The quantitative estimate of drug-likeness (QED) is 0.865. The first-order valence-corrected chi connectivity index (χ1v) is 7.78. The molecule has 0 radical (unpaired) electrons. The number of carbonyl (C=O) groups excluding carboxylic acids is 2. The van der Waals surface area contributed by atoms with E-state index in [4.69, 9.17) is 0 Å². The molecule has 2 aromatic carbocycles. The Bertz CT molecular complexity index is 706. The number of hydrogen-bond donors (Lipinski definition) is 2. The van der Waals surface area contributed by atoms with E-state index < -0.39 is 0 Å². The van der Waals surface area contributed by atoms with E-state index in [9.17, 15) is 9.59 Å². The predicted octanol–water partition coefficient (Wildman–Crippen LogP) is 4.29. The van der Waals surface area contributed by atoms with Gasteiger partial charge in [0.15, 0.2) is 0 Å². The summed E-state index contributed by atoms with van der Waals surface area (Å²) in [5.41, 5.74) is 4.17. The molecule has 0 atom stereocenters. The zero-order chi connectivity index (χ0) is 16.8. The van der Waals surface area contributed by atoms with Crippen LogP contribution in [0.25, 0.3) is 0 Å². The first-order chi connectivity index (χ1) is 11.0. The lowest BCUT2D eigenvalue weighted by molar-refractivity contribution is -0.116. The summed E-state index contributed by atoms with van der Waals surface area (Å²) in [7, 11) is 0. The number of benzene rings is 2. The summed E-state index contributed by atoms with van der Waals surface area (Å²) in [6.45, 7) is 5.89. The largest absolute Gasteiger partial charge is 0.326 e. The Labute approximate surface area is 136 Å². The van der Waals surface area contributed by atoms with E-state index in [-0.39, 0.29) is 11.8 Å². The van der Waals surface area contributed by atoms with Crippen molar-refractivity contribution < 1.29 is 9.59 Å². The third-order valence-electron chi connectivity index (χ3n) is 3.53. The van der Waals surface area contributed by atoms with Crippen LogP contribution in [0.1, 0.15) is 41.3 Å². The molecule has 0 aromatic heterocycles. The van der Waals surface area contributed by atoms with Gasteiger partial charge in [-0.05, 0) is 56.2 Å². The summed E-state index contributed by atoms with van der Waals surface area (Å²) in [4.78, 5) is 23.9. The molecule has 2 amide bonds. The average molecular weight is 310 g/mol. The van der Waals surface area contributed by atoms with Crippen molar-refractivity contribution in [3.63, 3.8) is 0 Å². The van der Waals surface area contributed by atoms with E-state index in [0.717, 1.165) is 23.2 Å². The maximum absolute atomic E-state index is 12.3. The second kappa shape index (κ2) is 7.58. The predicted molar refractivity (Wildman–Crippen MR) is 93.8 cm³/mol. The third kappa shape index (κ3) is 4.68. The van der Waals surface area contributed by atoms with Crippen LogP contribution in [0.2, 0.25) is 0 Å². The topological polar surface area (TPSA) is 58.2 Å². The monoisotopic (exact) mass is 310 g/mol. The highest BCUT2D eigenvalue weighted by molar-refractivity contribution is 6.05. The van der Waals surface area contributed by atoms with E-state index in [1.54, 1.807) is 24.3 Å². The molecule has 0 bridgehead atoms. The van der Waals surface area contributed by atoms with Crippen molar-refractivity contribution >= 4 is 23.2 Å². The molecule has 2 aromatic rings. The first-order valence-electron chi connectivity index (χ1n) is 7.78. The van der Waals surface area contributed by atoms with E-state index in [1.165, 1.54) is 0 Å². The molecule has 0 fully saturated rings. The number of carbonyl (C=O) groups is 2. The second-order valence-electron chi connectivity index (χ2n) is 5.65. The van der Waals surface area contributed by atoms with Crippen LogP contribution >= 0.6 is 0 Å². The summed E-state index contributed by atoms with van der Waals surface area (Å²) >= 11 is 0. The van der Waals surface area contributed by atoms with Crippen LogP contribution in [0.3, 0.4) is 0 Å². The Morgan fingerprint density at radius 2 is 1.52 bits per heavy atom. The van der Waals surface area contributed by atoms with Crippen LogP contribution in [0.5, 0.6) is 0 Å². The number of rotatable bonds is 5. The standard InChI is InChI=1S/C19H22N2O2/c1-4-5-18(22)20-15-7-9-16(10-8-15)21-19(23)17-11-6-13(2)12-14(17)3/h6-12H,4-5H2,1-3H3,(H,20,22)(H,21,23). The van der Waals surface area contributed by atoms with Gasteiger partial charge < -0.3 is 10.6 Å². The van der Waals surface area contributed by atoms with Gasteiger partial charge in [0.05, 0.1) is 0 Å². The molecule has 0 aliphatic rings. The number of amides is 2. The molecule has 4 nitrogen and oxygen atoms in total. The van der Waals surface area contributed by atoms with Crippen molar-refractivity contribution in [2.24, 2.45) is 0 Å². The highest BCUT2D eigenvalue weighted by Crippen LogP contribution is 2.17. The molecule has 0 saturated carbocycles. The molecule has 0 spiro atoms. The Hall–Kier alpha value is -2.62. The van der Waals surface area contributed by atoms with E-state index in [2.05, 4.69) is 10.6 Å². The van der Waals surface area contributed by atoms with Crippen molar-refractivity contribution in [2.45, 2.75) is 33.6 Å². The minimum absolute atomic E-state index is 0.000402. The first kappa shape index (κ1) is 16.7. The summed E-state index contributed by atoms with van der Waals surface area (Å²) in [5.74, 6) is -0.134. The average Bonchev–Trinajstić information content (AvgIpc) is 2.49. The van der Waals surface area contributed by atoms with Gasteiger partial charge in [-0.3, -0.25) is 9.59 Å². The highest BCUT2D eigenvalue weighted by atomic mass is 16.2. The van der Waals surface area contributed by atoms with Crippen molar-refractivity contribution in [2.75, 3.05) is 10.6 Å². The van der Waals surface area contributed by atoms with Gasteiger partial charge in [-0.1, -0.05) is 24.6 Å². The molecular weight excluding hydrogens is 288 g/mol. The van der Waals surface area contributed by atoms with Crippen LogP contribution < -0.4 is 10.6 Å². The number of hydrogen-bond acceptors (Lipinski definition) is 2. The Morgan fingerprint density at radius 3 is 2.09 bits per heavy atom. The van der Waals surface area contributed by atoms with Gasteiger partial charge in [-0.15, -0.1) is 0 Å². The molecule has 23 heavy (non-hydrogen) atoms. The molecule has 0 aliphatic heterocycles. The van der Waals surface area contributed by atoms with Gasteiger partial charge in [0.1, 0.15) is 0 Å². The molecule has 4 heteroatoms. The lowest BCUT2D eigenvalue weighted by Gasteiger charge is -2.09. The second-order valence-corrected chi connectivity index (χ2v) is 5.65. The van der Waals surface area contributed by atoms with Crippen LogP contribution in [-0.2, 0) is 4.79 Å². The fourth-order valence-electron chi connectivity index (χ4n) is 2.35. The number of aryl methyl sites for hydroxylation is 2. The molecule has 0 saturated heterocycles. The minimum atomic E-state index is -0.134. The highest BCUT2D eigenvalue weighted by Gasteiger charge is 2.09. The number of anilines is 2. The van der Waals surface area contributed by atoms with Crippen molar-refractivity contribution in [1.29, 1.82) is 0 Å². The fourth-order valence-corrected chi connectivity index (χ4v) is 2.35.